The van der Waals surface area contributed by atoms with E-state index in [-0.39, 0.29) is 50.7 Å². The molecular formula is C38H63INNaO4S. The van der Waals surface area contributed by atoms with E-state index in [0.29, 0.717) is 11.3 Å². The number of amides is 1. The van der Waals surface area contributed by atoms with Crippen LogP contribution in [0.25, 0.3) is 0 Å². The quantitative estimate of drug-likeness (QED) is 0.0282. The molecule has 2 aromatic carbocycles. The van der Waals surface area contributed by atoms with Crippen LogP contribution in [0, 0.1) is 0 Å². The summed E-state index contributed by atoms with van der Waals surface area (Å²) < 4.78 is 10.8. The molecule has 0 saturated heterocycles. The molecule has 5 nitrogen and oxygen atoms in total. The van der Waals surface area contributed by atoms with Gasteiger partial charge in [-0.05, 0) is 53.5 Å². The van der Waals surface area contributed by atoms with Crippen molar-refractivity contribution >= 4 is 51.9 Å². The van der Waals surface area contributed by atoms with Gasteiger partial charge in [0.15, 0.2) is 0 Å². The summed E-state index contributed by atoms with van der Waals surface area (Å²) in [5.41, 5.74) is 2.06. The van der Waals surface area contributed by atoms with Crippen molar-refractivity contribution in [2.75, 3.05) is 36.9 Å². The van der Waals surface area contributed by atoms with Crippen LogP contribution in [-0.4, -0.2) is 43.8 Å². The molecule has 0 fully saturated rings. The van der Waals surface area contributed by atoms with Crippen molar-refractivity contribution in [3.05, 3.63) is 53.6 Å². The summed E-state index contributed by atoms with van der Waals surface area (Å²) in [6, 6.07) is 13.2. The number of hydrogen-bond donors (Lipinski definition) is 0. The van der Waals surface area contributed by atoms with E-state index >= 15 is 0 Å². The average Bonchev–Trinajstić information content (AvgIpc) is 3.06. The molecule has 1 amide bonds. The summed E-state index contributed by atoms with van der Waals surface area (Å²) in [5, 5.41) is 0. The van der Waals surface area contributed by atoms with Crippen LogP contribution < -0.4 is 39.2 Å². The summed E-state index contributed by atoms with van der Waals surface area (Å²) in [7, 11) is 3.09. The zero-order valence-corrected chi connectivity index (χ0v) is 34.1. The number of carbonyl (C=O) groups excluding carboxylic acids is 2. The number of nitrogens with zero attached hydrogens (tertiary/aromatic N) is 1. The van der Waals surface area contributed by atoms with Gasteiger partial charge >= 0.3 is 35.5 Å². The van der Waals surface area contributed by atoms with Gasteiger partial charge < -0.3 is 15.8 Å². The Balaban J connectivity index is -0.00000379. The molecule has 0 atom stereocenters. The standard InChI is InChI=1S/C36H55NO4S.CH3I.CH4.Na.H/c1-5-6-7-8-9-10-11-12-13-14-15-16-17-18-19-20-27-41-32-24-21-30(22-25-32)28-35(38)37(2)31-23-26-34(42-4)33(29-31)36(39)40-3;1-2;;;/h21-26,29H,5-20,27-28H2,1-4H3;1H3;1H4;;/q;;;+1;-1. The van der Waals surface area contributed by atoms with E-state index in [0.717, 1.165) is 29.2 Å². The fourth-order valence-corrected chi connectivity index (χ4v) is 5.72. The third kappa shape index (κ3) is 20.6. The largest absolute Gasteiger partial charge is 1.00 e. The van der Waals surface area contributed by atoms with E-state index in [1.165, 1.54) is 115 Å². The number of halogens is 1. The second-order valence-corrected chi connectivity index (χ2v) is 12.1. The molecule has 0 heterocycles. The predicted octanol–water partition coefficient (Wildman–Crippen LogP) is 8.84. The summed E-state index contributed by atoms with van der Waals surface area (Å²) in [6.45, 7) is 3.01. The third-order valence-electron chi connectivity index (χ3n) is 7.90. The number of alkyl halides is 1. The molecule has 0 aliphatic heterocycles. The summed E-state index contributed by atoms with van der Waals surface area (Å²) >= 11 is 3.62. The number of rotatable bonds is 23. The van der Waals surface area contributed by atoms with Gasteiger partial charge in [-0.3, -0.25) is 4.79 Å². The van der Waals surface area contributed by atoms with Crippen molar-refractivity contribution in [1.29, 1.82) is 0 Å². The molecule has 46 heavy (non-hydrogen) atoms. The normalized spacial score (nSPS) is 10.1. The number of esters is 1. The number of carbonyl (C=O) groups is 2. The monoisotopic (exact) mass is 779 g/mol. The van der Waals surface area contributed by atoms with Crippen molar-refractivity contribution in [1.82, 2.24) is 0 Å². The zero-order valence-electron chi connectivity index (χ0n) is 30.1. The first kappa shape index (κ1) is 47.4. The van der Waals surface area contributed by atoms with Crippen LogP contribution in [0.15, 0.2) is 47.4 Å². The molecule has 0 radical (unpaired) electrons. The number of benzene rings is 2. The number of likely N-dealkylation sites (N-methyl/N-ethyl adjacent to an activating group) is 1. The maximum Gasteiger partial charge on any atom is 1.00 e. The number of anilines is 1. The molecular weight excluding hydrogens is 716 g/mol. The van der Waals surface area contributed by atoms with Gasteiger partial charge in [-0.15, -0.1) is 11.8 Å². The zero-order chi connectivity index (χ0) is 32.4. The van der Waals surface area contributed by atoms with E-state index in [2.05, 4.69) is 29.5 Å². The molecule has 0 N–H and O–H groups in total. The van der Waals surface area contributed by atoms with Gasteiger partial charge in [-0.2, -0.15) is 0 Å². The number of unbranched alkanes of at least 4 members (excludes halogenated alkanes) is 15. The van der Waals surface area contributed by atoms with E-state index < -0.39 is 5.97 Å². The molecule has 0 aromatic heterocycles. The molecule has 0 aliphatic rings. The van der Waals surface area contributed by atoms with Gasteiger partial charge in [0, 0.05) is 17.6 Å². The van der Waals surface area contributed by atoms with Gasteiger partial charge in [0.05, 0.1) is 25.7 Å². The van der Waals surface area contributed by atoms with Crippen LogP contribution in [0.3, 0.4) is 0 Å². The molecule has 0 spiro atoms. The SMILES string of the molecule is C.CCCCCCCCCCCCCCCCCCOc1ccc(CC(=O)N(C)c2ccc(SC)c(C(=O)OC)c2)cc1.CI.[H-].[Na+]. The Morgan fingerprint density at radius 3 is 1.72 bits per heavy atom. The molecule has 0 saturated carbocycles. The Kier molecular flexibility index (Phi) is 32.5. The Bertz CT molecular complexity index is 1040. The van der Waals surface area contributed by atoms with E-state index in [1.807, 2.05) is 47.6 Å². The number of hydrogen-bond acceptors (Lipinski definition) is 5. The summed E-state index contributed by atoms with van der Waals surface area (Å²) in [4.78, 5) is 29.4. The van der Waals surface area contributed by atoms with Crippen LogP contribution in [0.1, 0.15) is 134 Å². The molecule has 8 heteroatoms. The molecule has 2 rings (SSSR count). The van der Waals surface area contributed by atoms with Gasteiger partial charge in [-0.25, -0.2) is 4.79 Å². The maximum absolute atomic E-state index is 12.9. The fourth-order valence-electron chi connectivity index (χ4n) is 5.15. The topological polar surface area (TPSA) is 55.8 Å². The van der Waals surface area contributed by atoms with Gasteiger partial charge in [0.25, 0.3) is 0 Å². The number of ether oxygens (including phenoxy) is 2. The number of thioether (sulfide) groups is 1. The van der Waals surface area contributed by atoms with Crippen molar-refractivity contribution < 1.29 is 50.0 Å². The molecule has 0 bridgehead atoms. The van der Waals surface area contributed by atoms with Crippen molar-refractivity contribution in [2.45, 2.75) is 128 Å². The van der Waals surface area contributed by atoms with Crippen LogP contribution in [0.2, 0.25) is 0 Å². The third-order valence-corrected chi connectivity index (χ3v) is 8.69. The summed E-state index contributed by atoms with van der Waals surface area (Å²) in [6.07, 6.45) is 24.0. The van der Waals surface area contributed by atoms with Crippen LogP contribution in [-0.2, 0) is 16.0 Å². The second-order valence-electron chi connectivity index (χ2n) is 11.3. The molecule has 258 valence electrons. The molecule has 0 aliphatic carbocycles. The first-order valence-electron chi connectivity index (χ1n) is 16.6. The fraction of sp³-hybridized carbons (Fsp3) is 0.632. The minimum absolute atomic E-state index is 0. The molecule has 2 aromatic rings. The first-order valence-corrected chi connectivity index (χ1v) is 20.0. The Labute approximate surface area is 324 Å². The Morgan fingerprint density at radius 2 is 1.26 bits per heavy atom. The minimum atomic E-state index is -0.405. The Morgan fingerprint density at radius 1 is 0.783 bits per heavy atom. The Hall–Kier alpha value is -0.740. The maximum atomic E-state index is 12.9. The van der Waals surface area contributed by atoms with Gasteiger partial charge in [0.1, 0.15) is 5.75 Å². The first-order chi connectivity index (χ1) is 21.5. The minimum Gasteiger partial charge on any atom is -1.00 e. The average molecular weight is 780 g/mol. The van der Waals surface area contributed by atoms with Crippen LogP contribution >= 0.6 is 34.4 Å². The second kappa shape index (κ2) is 31.5. The van der Waals surface area contributed by atoms with Gasteiger partial charge in [0.2, 0.25) is 5.91 Å². The van der Waals surface area contributed by atoms with Crippen molar-refractivity contribution in [3.63, 3.8) is 0 Å². The predicted molar refractivity (Wildman–Crippen MR) is 206 cm³/mol. The van der Waals surface area contributed by atoms with Crippen molar-refractivity contribution in [3.8, 4) is 5.75 Å². The van der Waals surface area contributed by atoms with Crippen molar-refractivity contribution in [2.24, 2.45) is 0 Å². The van der Waals surface area contributed by atoms with E-state index in [4.69, 9.17) is 9.47 Å². The van der Waals surface area contributed by atoms with Crippen LogP contribution in [0.4, 0.5) is 5.69 Å². The molecule has 0 unspecified atom stereocenters. The van der Waals surface area contributed by atoms with Gasteiger partial charge in [-0.1, -0.05) is 145 Å². The van der Waals surface area contributed by atoms with E-state index in [9.17, 15) is 9.59 Å². The summed E-state index contributed by atoms with van der Waals surface area (Å²) in [5.74, 6) is 0.387. The number of methoxy groups -OCH3 is 1. The van der Waals surface area contributed by atoms with E-state index in [1.54, 1.807) is 18.0 Å². The smallest absolute Gasteiger partial charge is 1.00 e. The van der Waals surface area contributed by atoms with Crippen LogP contribution in [0.5, 0.6) is 5.75 Å².